The number of benzene rings is 1. The van der Waals surface area contributed by atoms with Gasteiger partial charge in [0, 0.05) is 17.8 Å². The van der Waals surface area contributed by atoms with E-state index in [4.69, 9.17) is 4.42 Å². The number of fused-ring (bicyclic) bond motifs is 1. The summed E-state index contributed by atoms with van der Waals surface area (Å²) >= 11 is 0. The molecule has 1 aromatic carbocycles. The Morgan fingerprint density at radius 1 is 1.16 bits per heavy atom. The van der Waals surface area contributed by atoms with Crippen LogP contribution >= 0.6 is 0 Å². The van der Waals surface area contributed by atoms with Crippen molar-refractivity contribution in [2.75, 3.05) is 0 Å². The van der Waals surface area contributed by atoms with Crippen molar-refractivity contribution in [3.8, 4) is 17.1 Å². The third-order valence-corrected chi connectivity index (χ3v) is 2.67. The highest BCUT2D eigenvalue weighted by Crippen LogP contribution is 2.22. The number of hydrogen-bond donors (Lipinski definition) is 2. The lowest BCUT2D eigenvalue weighted by molar-refractivity contribution is 0.475. The minimum atomic E-state index is -0.585. The molecule has 0 radical (unpaired) electrons. The van der Waals surface area contributed by atoms with Gasteiger partial charge in [0.15, 0.2) is 5.43 Å². The van der Waals surface area contributed by atoms with Gasteiger partial charge < -0.3 is 9.52 Å². The smallest absolute Gasteiger partial charge is 0.347 e. The van der Waals surface area contributed by atoms with E-state index in [2.05, 4.69) is 9.97 Å². The first kappa shape index (κ1) is 11.2. The Labute approximate surface area is 106 Å². The van der Waals surface area contributed by atoms with Crippen LogP contribution in [0.15, 0.2) is 50.5 Å². The SMILES string of the molecule is O=c1ncc2c(=O)cc(-c3ccc(O)cc3)oc2[nH]1. The van der Waals surface area contributed by atoms with Gasteiger partial charge in [-0.3, -0.25) is 9.78 Å². The summed E-state index contributed by atoms with van der Waals surface area (Å²) in [5.41, 5.74) is -0.184. The number of aromatic hydroxyl groups is 1. The molecule has 19 heavy (non-hydrogen) atoms. The second-order valence-corrected chi connectivity index (χ2v) is 3.95. The molecule has 6 nitrogen and oxygen atoms in total. The van der Waals surface area contributed by atoms with Gasteiger partial charge in [0.2, 0.25) is 5.71 Å². The molecule has 0 saturated carbocycles. The van der Waals surface area contributed by atoms with E-state index in [9.17, 15) is 14.7 Å². The lowest BCUT2D eigenvalue weighted by atomic mass is 10.1. The Morgan fingerprint density at radius 2 is 1.89 bits per heavy atom. The molecule has 0 spiro atoms. The van der Waals surface area contributed by atoms with Crippen molar-refractivity contribution in [3.05, 3.63) is 57.2 Å². The summed E-state index contributed by atoms with van der Waals surface area (Å²) in [5.74, 6) is 0.420. The Balaban J connectivity index is 2.28. The maximum atomic E-state index is 11.9. The van der Waals surface area contributed by atoms with Crippen LogP contribution in [-0.2, 0) is 0 Å². The van der Waals surface area contributed by atoms with Crippen molar-refractivity contribution in [1.29, 1.82) is 0 Å². The first-order valence-corrected chi connectivity index (χ1v) is 5.46. The molecule has 0 bridgehead atoms. The van der Waals surface area contributed by atoms with Crippen molar-refractivity contribution in [3.63, 3.8) is 0 Å². The molecule has 0 fully saturated rings. The van der Waals surface area contributed by atoms with Crippen LogP contribution in [0.2, 0.25) is 0 Å². The second kappa shape index (κ2) is 4.09. The number of aromatic amines is 1. The number of nitrogens with zero attached hydrogens (tertiary/aromatic N) is 1. The predicted molar refractivity (Wildman–Crippen MR) is 68.0 cm³/mol. The highest BCUT2D eigenvalue weighted by molar-refractivity contribution is 5.74. The molecule has 0 amide bonds. The number of aromatic nitrogens is 2. The fourth-order valence-electron chi connectivity index (χ4n) is 1.74. The molecule has 0 aliphatic heterocycles. The minimum Gasteiger partial charge on any atom is -0.508 e. The second-order valence-electron chi connectivity index (χ2n) is 3.95. The highest BCUT2D eigenvalue weighted by Gasteiger charge is 2.08. The summed E-state index contributed by atoms with van der Waals surface area (Å²) in [6, 6.07) is 7.50. The molecule has 0 aliphatic rings. The van der Waals surface area contributed by atoms with Gasteiger partial charge in [-0.1, -0.05) is 0 Å². The zero-order valence-corrected chi connectivity index (χ0v) is 9.58. The Morgan fingerprint density at radius 3 is 2.63 bits per heavy atom. The van der Waals surface area contributed by atoms with Crippen LogP contribution in [0, 0.1) is 0 Å². The standard InChI is InChI=1S/C13H8N2O4/c16-8-3-1-7(2-4-8)11-5-10(17)9-6-14-13(18)15-12(9)19-11/h1-6,16H,(H,14,15,18). The maximum absolute atomic E-state index is 11.9. The fraction of sp³-hybridized carbons (Fsp3) is 0. The van der Waals surface area contributed by atoms with E-state index in [0.717, 1.165) is 0 Å². The lowest BCUT2D eigenvalue weighted by Gasteiger charge is -2.02. The molecule has 94 valence electrons. The molecule has 3 aromatic rings. The van der Waals surface area contributed by atoms with Crippen LogP contribution in [0.4, 0.5) is 0 Å². The monoisotopic (exact) mass is 256 g/mol. The van der Waals surface area contributed by atoms with E-state index >= 15 is 0 Å². The van der Waals surface area contributed by atoms with Crippen LogP contribution in [0.5, 0.6) is 5.75 Å². The van der Waals surface area contributed by atoms with Gasteiger partial charge in [0.25, 0.3) is 0 Å². The molecule has 2 aromatic heterocycles. The van der Waals surface area contributed by atoms with Gasteiger partial charge in [-0.05, 0) is 24.3 Å². The van der Waals surface area contributed by atoms with E-state index in [0.29, 0.717) is 11.3 Å². The Hall–Kier alpha value is -2.89. The summed E-state index contributed by atoms with van der Waals surface area (Å²) in [6.07, 6.45) is 1.18. The first-order valence-electron chi connectivity index (χ1n) is 5.46. The quantitative estimate of drug-likeness (QED) is 0.683. The average Bonchev–Trinajstić information content (AvgIpc) is 2.38. The summed E-state index contributed by atoms with van der Waals surface area (Å²) in [4.78, 5) is 28.9. The van der Waals surface area contributed by atoms with Crippen LogP contribution in [0.3, 0.4) is 0 Å². The fourth-order valence-corrected chi connectivity index (χ4v) is 1.74. The summed E-state index contributed by atoms with van der Waals surface area (Å²) in [6.45, 7) is 0. The van der Waals surface area contributed by atoms with E-state index in [1.54, 1.807) is 12.1 Å². The molecule has 0 aliphatic carbocycles. The van der Waals surface area contributed by atoms with Gasteiger partial charge in [-0.15, -0.1) is 0 Å². The highest BCUT2D eigenvalue weighted by atomic mass is 16.3. The van der Waals surface area contributed by atoms with E-state index in [1.165, 1.54) is 24.4 Å². The van der Waals surface area contributed by atoms with Crippen LogP contribution in [0.25, 0.3) is 22.4 Å². The average molecular weight is 256 g/mol. The van der Waals surface area contributed by atoms with Crippen molar-refractivity contribution < 1.29 is 9.52 Å². The van der Waals surface area contributed by atoms with Crippen LogP contribution in [-0.4, -0.2) is 15.1 Å². The lowest BCUT2D eigenvalue weighted by Crippen LogP contribution is -2.12. The summed E-state index contributed by atoms with van der Waals surface area (Å²) in [7, 11) is 0. The number of H-pyrrole nitrogens is 1. The molecule has 3 rings (SSSR count). The molecule has 2 heterocycles. The van der Waals surface area contributed by atoms with Crippen molar-refractivity contribution in [2.45, 2.75) is 0 Å². The third kappa shape index (κ3) is 1.99. The molecule has 6 heteroatoms. The zero-order valence-electron chi connectivity index (χ0n) is 9.58. The van der Waals surface area contributed by atoms with E-state index in [-0.39, 0.29) is 22.3 Å². The molecule has 2 N–H and O–H groups in total. The largest absolute Gasteiger partial charge is 0.508 e. The van der Waals surface area contributed by atoms with Gasteiger partial charge in [-0.2, -0.15) is 0 Å². The molecular weight excluding hydrogens is 248 g/mol. The number of phenolic OH excluding ortho intramolecular Hbond substituents is 1. The number of hydrogen-bond acceptors (Lipinski definition) is 5. The third-order valence-electron chi connectivity index (χ3n) is 2.67. The molecule has 0 atom stereocenters. The summed E-state index contributed by atoms with van der Waals surface area (Å²) in [5, 5.41) is 9.43. The first-order chi connectivity index (χ1) is 9.13. The van der Waals surface area contributed by atoms with E-state index < -0.39 is 5.69 Å². The number of nitrogens with one attached hydrogen (secondary N) is 1. The number of rotatable bonds is 1. The topological polar surface area (TPSA) is 96.2 Å². The zero-order chi connectivity index (χ0) is 13.4. The predicted octanol–water partition coefficient (Wildman–Crippen LogP) is 1.25. The number of phenols is 1. The van der Waals surface area contributed by atoms with Gasteiger partial charge >= 0.3 is 5.69 Å². The van der Waals surface area contributed by atoms with Gasteiger partial charge in [-0.25, -0.2) is 9.78 Å². The minimum absolute atomic E-state index is 0.0792. The van der Waals surface area contributed by atoms with Gasteiger partial charge in [0.1, 0.15) is 16.9 Å². The summed E-state index contributed by atoms with van der Waals surface area (Å²) < 4.78 is 5.47. The van der Waals surface area contributed by atoms with Crippen molar-refractivity contribution >= 4 is 11.1 Å². The van der Waals surface area contributed by atoms with Crippen molar-refractivity contribution in [2.24, 2.45) is 0 Å². The normalized spacial score (nSPS) is 10.7. The molecule has 0 saturated heterocycles. The Bertz CT molecular complexity index is 862. The maximum Gasteiger partial charge on any atom is 0.347 e. The van der Waals surface area contributed by atoms with Crippen LogP contribution < -0.4 is 11.1 Å². The molecule has 0 unspecified atom stereocenters. The molecular formula is C13H8N2O4. The van der Waals surface area contributed by atoms with Crippen molar-refractivity contribution in [1.82, 2.24) is 9.97 Å². The van der Waals surface area contributed by atoms with Crippen LogP contribution in [0.1, 0.15) is 0 Å². The Kier molecular flexibility index (Phi) is 2.42. The van der Waals surface area contributed by atoms with Gasteiger partial charge in [0.05, 0.1) is 0 Å². The van der Waals surface area contributed by atoms with E-state index in [1.807, 2.05) is 0 Å².